The summed E-state index contributed by atoms with van der Waals surface area (Å²) in [7, 11) is 0. The first kappa shape index (κ1) is 12.8. The van der Waals surface area contributed by atoms with Crippen LogP contribution >= 0.6 is 11.6 Å². The molecular weight excluding hydrogens is 252 g/mol. The van der Waals surface area contributed by atoms with E-state index < -0.39 is 5.97 Å². The summed E-state index contributed by atoms with van der Waals surface area (Å²) in [5.41, 5.74) is 0.628. The molecule has 0 bridgehead atoms. The molecule has 18 heavy (non-hydrogen) atoms. The predicted molar refractivity (Wildman–Crippen MR) is 70.1 cm³/mol. The molecule has 0 aliphatic heterocycles. The van der Waals surface area contributed by atoms with Crippen LogP contribution in [0.3, 0.4) is 0 Å². The van der Waals surface area contributed by atoms with Gasteiger partial charge in [0.1, 0.15) is 5.82 Å². The molecule has 2 aromatic rings. The molecule has 1 heterocycles. The van der Waals surface area contributed by atoms with E-state index in [1.807, 2.05) is 0 Å². The first-order valence-corrected chi connectivity index (χ1v) is 6.19. The molecule has 0 aliphatic carbocycles. The van der Waals surface area contributed by atoms with Gasteiger partial charge in [-0.05, 0) is 24.6 Å². The Bertz CT molecular complexity index is 599. The number of aryl methyl sites for hydroxylation is 1. The fraction of sp³-hybridized carbons (Fsp3) is 0.308. The molecule has 94 valence electrons. The Labute approximate surface area is 110 Å². The van der Waals surface area contributed by atoms with Gasteiger partial charge in [0.05, 0.1) is 5.52 Å². The van der Waals surface area contributed by atoms with Gasteiger partial charge in [0.25, 0.3) is 0 Å². The fourth-order valence-electron chi connectivity index (χ4n) is 1.76. The van der Waals surface area contributed by atoms with E-state index in [0.717, 1.165) is 12.8 Å². The minimum Gasteiger partial charge on any atom is -0.476 e. The lowest BCUT2D eigenvalue weighted by atomic mass is 10.1. The van der Waals surface area contributed by atoms with E-state index in [9.17, 15) is 9.90 Å². The van der Waals surface area contributed by atoms with Crippen LogP contribution in [0.2, 0.25) is 5.02 Å². The number of nitrogens with zero attached hydrogens (tertiary/aromatic N) is 2. The Morgan fingerprint density at radius 3 is 2.83 bits per heavy atom. The van der Waals surface area contributed by atoms with Crippen molar-refractivity contribution in [3.8, 4) is 0 Å². The van der Waals surface area contributed by atoms with Crippen molar-refractivity contribution >= 4 is 28.5 Å². The highest BCUT2D eigenvalue weighted by atomic mass is 35.5. The fourth-order valence-corrected chi connectivity index (χ4v) is 1.93. The monoisotopic (exact) mass is 264 g/mol. The number of rotatable bonds is 4. The number of hydrogen-bond donors (Lipinski definition) is 1. The van der Waals surface area contributed by atoms with Crippen LogP contribution < -0.4 is 0 Å². The van der Waals surface area contributed by atoms with Crippen molar-refractivity contribution in [2.45, 2.75) is 26.2 Å². The molecular formula is C13H13ClN2O2. The van der Waals surface area contributed by atoms with Crippen LogP contribution in [0.15, 0.2) is 18.2 Å². The summed E-state index contributed by atoms with van der Waals surface area (Å²) < 4.78 is 0. The van der Waals surface area contributed by atoms with Gasteiger partial charge in [-0.15, -0.1) is 0 Å². The van der Waals surface area contributed by atoms with Crippen molar-refractivity contribution in [1.82, 2.24) is 9.97 Å². The molecule has 0 saturated heterocycles. The van der Waals surface area contributed by atoms with Crippen molar-refractivity contribution < 1.29 is 9.90 Å². The number of carboxylic acid groups (broad SMARTS) is 1. The highest BCUT2D eigenvalue weighted by Gasteiger charge is 2.13. The molecule has 5 heteroatoms. The number of aromatic carboxylic acids is 1. The van der Waals surface area contributed by atoms with E-state index in [1.54, 1.807) is 18.2 Å². The lowest BCUT2D eigenvalue weighted by Gasteiger charge is -2.05. The number of hydrogen-bond acceptors (Lipinski definition) is 3. The standard InChI is InChI=1S/C13H13ClN2O2/c1-2-3-4-11-15-10-7-8(14)5-6-9(10)12(16-11)13(17)18/h5-7H,2-4H2,1H3,(H,17,18). The predicted octanol–water partition coefficient (Wildman–Crippen LogP) is 3.32. The van der Waals surface area contributed by atoms with Crippen LogP contribution in [0.25, 0.3) is 10.9 Å². The third kappa shape index (κ3) is 2.59. The summed E-state index contributed by atoms with van der Waals surface area (Å²) >= 11 is 5.90. The summed E-state index contributed by atoms with van der Waals surface area (Å²) in [5.74, 6) is -0.480. The lowest BCUT2D eigenvalue weighted by Crippen LogP contribution is -2.07. The molecule has 2 rings (SSSR count). The minimum atomic E-state index is -1.04. The van der Waals surface area contributed by atoms with E-state index in [0.29, 0.717) is 28.2 Å². The van der Waals surface area contributed by atoms with Crippen molar-refractivity contribution in [2.24, 2.45) is 0 Å². The molecule has 4 nitrogen and oxygen atoms in total. The molecule has 0 aliphatic rings. The zero-order chi connectivity index (χ0) is 13.1. The Hall–Kier alpha value is -1.68. The summed E-state index contributed by atoms with van der Waals surface area (Å²) in [4.78, 5) is 19.7. The average Bonchev–Trinajstić information content (AvgIpc) is 2.34. The third-order valence-electron chi connectivity index (χ3n) is 2.66. The maximum absolute atomic E-state index is 11.2. The SMILES string of the molecule is CCCCc1nc(C(=O)O)c2ccc(Cl)cc2n1. The summed E-state index contributed by atoms with van der Waals surface area (Å²) in [6, 6.07) is 4.95. The van der Waals surface area contributed by atoms with Gasteiger partial charge in [0.2, 0.25) is 0 Å². The Morgan fingerprint density at radius 1 is 1.39 bits per heavy atom. The molecule has 0 saturated carbocycles. The van der Waals surface area contributed by atoms with Crippen molar-refractivity contribution in [1.29, 1.82) is 0 Å². The number of carbonyl (C=O) groups is 1. The number of carboxylic acids is 1. The first-order chi connectivity index (χ1) is 8.61. The van der Waals surface area contributed by atoms with E-state index in [-0.39, 0.29) is 5.69 Å². The van der Waals surface area contributed by atoms with Crippen LogP contribution in [0, 0.1) is 0 Å². The Balaban J connectivity index is 2.59. The van der Waals surface area contributed by atoms with Crippen molar-refractivity contribution in [3.05, 3.63) is 34.7 Å². The Kier molecular flexibility index (Phi) is 3.77. The zero-order valence-electron chi connectivity index (χ0n) is 9.98. The van der Waals surface area contributed by atoms with Crippen LogP contribution in [0.4, 0.5) is 0 Å². The van der Waals surface area contributed by atoms with Crippen molar-refractivity contribution in [3.63, 3.8) is 0 Å². The average molecular weight is 265 g/mol. The molecule has 0 radical (unpaired) electrons. The number of aromatic nitrogens is 2. The quantitative estimate of drug-likeness (QED) is 0.920. The maximum Gasteiger partial charge on any atom is 0.355 e. The lowest BCUT2D eigenvalue weighted by molar-refractivity contribution is 0.0692. The number of benzene rings is 1. The van der Waals surface area contributed by atoms with Gasteiger partial charge in [-0.1, -0.05) is 24.9 Å². The zero-order valence-corrected chi connectivity index (χ0v) is 10.7. The number of halogens is 1. The van der Waals surface area contributed by atoms with Crippen LogP contribution in [0.5, 0.6) is 0 Å². The van der Waals surface area contributed by atoms with Crippen LogP contribution in [-0.4, -0.2) is 21.0 Å². The summed E-state index contributed by atoms with van der Waals surface area (Å²) in [6.45, 7) is 2.07. The molecule has 0 fully saturated rings. The second kappa shape index (κ2) is 5.31. The van der Waals surface area contributed by atoms with Gasteiger partial charge in [-0.2, -0.15) is 0 Å². The number of unbranched alkanes of at least 4 members (excludes halogenated alkanes) is 1. The molecule has 0 atom stereocenters. The molecule has 1 aromatic heterocycles. The molecule has 1 N–H and O–H groups in total. The van der Waals surface area contributed by atoms with E-state index >= 15 is 0 Å². The van der Waals surface area contributed by atoms with Gasteiger partial charge < -0.3 is 5.11 Å². The van der Waals surface area contributed by atoms with Gasteiger partial charge in [0, 0.05) is 16.8 Å². The summed E-state index contributed by atoms with van der Waals surface area (Å²) in [6.07, 6.45) is 2.63. The maximum atomic E-state index is 11.2. The normalized spacial score (nSPS) is 10.8. The van der Waals surface area contributed by atoms with E-state index in [4.69, 9.17) is 11.6 Å². The van der Waals surface area contributed by atoms with E-state index in [1.165, 1.54) is 0 Å². The largest absolute Gasteiger partial charge is 0.476 e. The first-order valence-electron chi connectivity index (χ1n) is 5.81. The second-order valence-electron chi connectivity index (χ2n) is 4.06. The second-order valence-corrected chi connectivity index (χ2v) is 4.50. The van der Waals surface area contributed by atoms with Crippen LogP contribution in [0.1, 0.15) is 36.1 Å². The molecule has 0 unspecified atom stereocenters. The smallest absolute Gasteiger partial charge is 0.355 e. The minimum absolute atomic E-state index is 0.0442. The van der Waals surface area contributed by atoms with Gasteiger partial charge in [0.15, 0.2) is 5.69 Å². The highest BCUT2D eigenvalue weighted by molar-refractivity contribution is 6.31. The summed E-state index contributed by atoms with van der Waals surface area (Å²) in [5, 5.41) is 10.2. The molecule has 1 aromatic carbocycles. The van der Waals surface area contributed by atoms with E-state index in [2.05, 4.69) is 16.9 Å². The van der Waals surface area contributed by atoms with Crippen molar-refractivity contribution in [2.75, 3.05) is 0 Å². The highest BCUT2D eigenvalue weighted by Crippen LogP contribution is 2.21. The van der Waals surface area contributed by atoms with Crippen LogP contribution in [-0.2, 0) is 6.42 Å². The third-order valence-corrected chi connectivity index (χ3v) is 2.90. The van der Waals surface area contributed by atoms with Gasteiger partial charge >= 0.3 is 5.97 Å². The van der Waals surface area contributed by atoms with Gasteiger partial charge in [-0.3, -0.25) is 0 Å². The molecule has 0 amide bonds. The topological polar surface area (TPSA) is 63.1 Å². The molecule has 0 spiro atoms. The number of fused-ring (bicyclic) bond motifs is 1. The Morgan fingerprint density at radius 2 is 2.17 bits per heavy atom. The van der Waals surface area contributed by atoms with Gasteiger partial charge in [-0.25, -0.2) is 14.8 Å².